The highest BCUT2D eigenvalue weighted by Gasteiger charge is 2.13. The molecule has 0 spiro atoms. The van der Waals surface area contributed by atoms with Gasteiger partial charge in [0.2, 0.25) is 6.04 Å². The molecule has 0 saturated carbocycles. The quantitative estimate of drug-likeness (QED) is 0.572. The van der Waals surface area contributed by atoms with Crippen molar-refractivity contribution in [3.63, 3.8) is 0 Å². The van der Waals surface area contributed by atoms with Crippen LogP contribution in [0.1, 0.15) is 6.92 Å². The number of nitro groups is 1. The Morgan fingerprint density at radius 3 is 2.79 bits per heavy atom. The number of halogens is 1. The summed E-state index contributed by atoms with van der Waals surface area (Å²) in [5.41, 5.74) is 0. The summed E-state index contributed by atoms with van der Waals surface area (Å²) in [5.74, 6) is 0.475. The van der Waals surface area contributed by atoms with Crippen molar-refractivity contribution in [2.24, 2.45) is 0 Å². The van der Waals surface area contributed by atoms with Crippen LogP contribution in [-0.4, -0.2) is 17.6 Å². The molecule has 1 aromatic carbocycles. The molecule has 1 atom stereocenters. The fraction of sp³-hybridized carbons (Fsp3) is 0.333. The third-order valence-corrected chi connectivity index (χ3v) is 1.99. The Balaban J connectivity index is 2.54. The van der Waals surface area contributed by atoms with Crippen molar-refractivity contribution in [1.82, 2.24) is 0 Å². The molecule has 4 nitrogen and oxygen atoms in total. The first-order valence-electron chi connectivity index (χ1n) is 4.12. The lowest BCUT2D eigenvalue weighted by Gasteiger charge is -2.08. The second-order valence-electron chi connectivity index (χ2n) is 2.88. The Labute approximate surface area is 86.6 Å². The monoisotopic (exact) mass is 215 g/mol. The number of benzene rings is 1. The van der Waals surface area contributed by atoms with E-state index >= 15 is 0 Å². The van der Waals surface area contributed by atoms with Crippen molar-refractivity contribution in [3.05, 3.63) is 39.4 Å². The smallest absolute Gasteiger partial charge is 0.243 e. The van der Waals surface area contributed by atoms with Crippen LogP contribution in [-0.2, 0) is 0 Å². The highest BCUT2D eigenvalue weighted by molar-refractivity contribution is 6.32. The molecule has 0 fully saturated rings. The van der Waals surface area contributed by atoms with E-state index in [0.717, 1.165) is 0 Å². The maximum Gasteiger partial charge on any atom is 0.243 e. The standard InChI is InChI=1S/C9H10ClNO3/c1-7(11(12)13)6-14-9-5-3-2-4-8(9)10/h2-5,7H,6H2,1H3. The molecule has 76 valence electrons. The first kappa shape index (κ1) is 10.8. The molecule has 14 heavy (non-hydrogen) atoms. The topological polar surface area (TPSA) is 52.4 Å². The molecule has 0 aliphatic carbocycles. The lowest BCUT2D eigenvalue weighted by Crippen LogP contribution is -2.23. The SMILES string of the molecule is CC(COc1ccccc1Cl)[N+](=O)[O-]. The van der Waals surface area contributed by atoms with Crippen molar-refractivity contribution in [2.75, 3.05) is 6.61 Å². The number of ether oxygens (including phenoxy) is 1. The average Bonchev–Trinajstić information content (AvgIpc) is 2.16. The average molecular weight is 216 g/mol. The molecule has 0 heterocycles. The third kappa shape index (κ3) is 2.88. The van der Waals surface area contributed by atoms with Gasteiger partial charge in [-0.3, -0.25) is 10.1 Å². The van der Waals surface area contributed by atoms with Gasteiger partial charge in [-0.2, -0.15) is 0 Å². The van der Waals surface area contributed by atoms with E-state index in [1.807, 2.05) is 0 Å². The molecule has 1 unspecified atom stereocenters. The predicted octanol–water partition coefficient (Wildman–Crippen LogP) is 2.38. The maximum atomic E-state index is 10.3. The third-order valence-electron chi connectivity index (χ3n) is 1.68. The van der Waals surface area contributed by atoms with Gasteiger partial charge in [0.1, 0.15) is 5.75 Å². The van der Waals surface area contributed by atoms with Gasteiger partial charge in [-0.1, -0.05) is 23.7 Å². The van der Waals surface area contributed by atoms with E-state index < -0.39 is 11.0 Å². The summed E-state index contributed by atoms with van der Waals surface area (Å²) in [6.07, 6.45) is 0. The van der Waals surface area contributed by atoms with E-state index in [-0.39, 0.29) is 6.61 Å². The molecule has 0 aromatic heterocycles. The van der Waals surface area contributed by atoms with Crippen molar-refractivity contribution in [1.29, 1.82) is 0 Å². The molecule has 0 aliphatic rings. The maximum absolute atomic E-state index is 10.3. The van der Waals surface area contributed by atoms with E-state index in [4.69, 9.17) is 16.3 Å². The van der Waals surface area contributed by atoms with Gasteiger partial charge in [0.05, 0.1) is 5.02 Å². The number of hydrogen-bond donors (Lipinski definition) is 0. The number of rotatable bonds is 4. The Bertz CT molecular complexity index is 330. The zero-order valence-corrected chi connectivity index (χ0v) is 8.40. The Kier molecular flexibility index (Phi) is 3.71. The van der Waals surface area contributed by atoms with Gasteiger partial charge in [0, 0.05) is 11.8 Å². The van der Waals surface area contributed by atoms with Crippen LogP contribution in [0.15, 0.2) is 24.3 Å². The molecule has 0 aliphatic heterocycles. The van der Waals surface area contributed by atoms with E-state index in [9.17, 15) is 10.1 Å². The van der Waals surface area contributed by atoms with Gasteiger partial charge in [-0.05, 0) is 12.1 Å². The van der Waals surface area contributed by atoms with Gasteiger partial charge in [0.15, 0.2) is 6.61 Å². The summed E-state index contributed by atoms with van der Waals surface area (Å²) in [4.78, 5) is 9.91. The highest BCUT2D eigenvalue weighted by Crippen LogP contribution is 2.23. The van der Waals surface area contributed by atoms with Crippen LogP contribution in [0, 0.1) is 10.1 Å². The molecule has 5 heteroatoms. The van der Waals surface area contributed by atoms with E-state index in [1.165, 1.54) is 6.92 Å². The number of nitrogens with zero attached hydrogens (tertiary/aromatic N) is 1. The minimum Gasteiger partial charge on any atom is -0.485 e. The lowest BCUT2D eigenvalue weighted by atomic mass is 10.3. The molecule has 0 saturated heterocycles. The first-order chi connectivity index (χ1) is 6.61. The summed E-state index contributed by atoms with van der Waals surface area (Å²) >= 11 is 5.79. The summed E-state index contributed by atoms with van der Waals surface area (Å²) in [6.45, 7) is 1.51. The summed E-state index contributed by atoms with van der Waals surface area (Å²) < 4.78 is 5.19. The normalized spacial score (nSPS) is 12.1. The van der Waals surface area contributed by atoms with Gasteiger partial charge in [-0.15, -0.1) is 0 Å². The van der Waals surface area contributed by atoms with Crippen LogP contribution in [0.5, 0.6) is 5.75 Å². The molecule has 0 amide bonds. The largest absolute Gasteiger partial charge is 0.485 e. The minimum absolute atomic E-state index is 0.0245. The van der Waals surface area contributed by atoms with E-state index in [2.05, 4.69) is 0 Å². The van der Waals surface area contributed by atoms with Crippen LogP contribution < -0.4 is 4.74 Å². The molecular formula is C9H10ClNO3. The highest BCUT2D eigenvalue weighted by atomic mass is 35.5. The second-order valence-corrected chi connectivity index (χ2v) is 3.28. The van der Waals surface area contributed by atoms with E-state index in [0.29, 0.717) is 10.8 Å². The van der Waals surface area contributed by atoms with Gasteiger partial charge >= 0.3 is 0 Å². The Hall–Kier alpha value is -1.29. The Morgan fingerprint density at radius 1 is 1.57 bits per heavy atom. The fourth-order valence-corrected chi connectivity index (χ4v) is 1.02. The van der Waals surface area contributed by atoms with Crippen molar-refractivity contribution < 1.29 is 9.66 Å². The number of para-hydroxylation sites is 1. The zero-order valence-electron chi connectivity index (χ0n) is 7.64. The minimum atomic E-state index is -0.730. The molecule has 1 aromatic rings. The van der Waals surface area contributed by atoms with Gasteiger partial charge in [0.25, 0.3) is 0 Å². The number of hydrogen-bond acceptors (Lipinski definition) is 3. The van der Waals surface area contributed by atoms with Crippen LogP contribution in [0.4, 0.5) is 0 Å². The first-order valence-corrected chi connectivity index (χ1v) is 4.50. The van der Waals surface area contributed by atoms with Gasteiger partial charge < -0.3 is 4.74 Å². The zero-order chi connectivity index (χ0) is 10.6. The molecule has 1 rings (SSSR count). The second kappa shape index (κ2) is 4.81. The Morgan fingerprint density at radius 2 is 2.21 bits per heavy atom. The molecule has 0 radical (unpaired) electrons. The van der Waals surface area contributed by atoms with Crippen LogP contribution in [0.25, 0.3) is 0 Å². The summed E-state index contributed by atoms with van der Waals surface area (Å²) in [7, 11) is 0. The molecule has 0 bridgehead atoms. The van der Waals surface area contributed by atoms with Gasteiger partial charge in [-0.25, -0.2) is 0 Å². The van der Waals surface area contributed by atoms with Crippen LogP contribution in [0.2, 0.25) is 5.02 Å². The van der Waals surface area contributed by atoms with Crippen molar-refractivity contribution >= 4 is 11.6 Å². The van der Waals surface area contributed by atoms with Crippen LogP contribution >= 0.6 is 11.6 Å². The predicted molar refractivity (Wildman–Crippen MR) is 53.4 cm³/mol. The fourth-order valence-electron chi connectivity index (χ4n) is 0.833. The van der Waals surface area contributed by atoms with E-state index in [1.54, 1.807) is 24.3 Å². The molecule has 0 N–H and O–H groups in total. The van der Waals surface area contributed by atoms with Crippen molar-refractivity contribution in [3.8, 4) is 5.75 Å². The molecular weight excluding hydrogens is 206 g/mol. The lowest BCUT2D eigenvalue weighted by molar-refractivity contribution is -0.520. The summed E-state index contributed by atoms with van der Waals surface area (Å²) in [5, 5.41) is 10.8. The summed E-state index contributed by atoms with van der Waals surface area (Å²) in [6, 6.07) is 6.15. The van der Waals surface area contributed by atoms with Crippen LogP contribution in [0.3, 0.4) is 0 Å². The van der Waals surface area contributed by atoms with Crippen molar-refractivity contribution in [2.45, 2.75) is 13.0 Å².